The molecule has 0 spiro atoms. The van der Waals surface area contributed by atoms with Gasteiger partial charge in [-0.15, -0.1) is 0 Å². The SMILES string of the molecule is C=C(C[C@]12CC[C@@H](C(=C)C)[C@@H]1C1(N)CC[C@@H]3[C@@]4(C)CCC(OC(=C)CC(C)(C)C(=O)O)C(C)(C)[C@@H]4CC[C@@]3(C)[C@]1(C)CC2)NCC#N. The van der Waals surface area contributed by atoms with Crippen molar-refractivity contribution in [1.82, 2.24) is 5.32 Å². The lowest BCUT2D eigenvalue weighted by atomic mass is 9.30. The van der Waals surface area contributed by atoms with Gasteiger partial charge in [0.05, 0.1) is 17.2 Å². The van der Waals surface area contributed by atoms with Gasteiger partial charge in [0, 0.05) is 23.1 Å². The number of hydrogen-bond acceptors (Lipinski definition) is 5. The molecule has 0 aromatic rings. The Balaban J connectivity index is 1.44. The molecule has 0 radical (unpaired) electrons. The summed E-state index contributed by atoms with van der Waals surface area (Å²) in [6.45, 7) is 31.7. The van der Waals surface area contributed by atoms with Crippen molar-refractivity contribution in [2.45, 2.75) is 144 Å². The number of aliphatic carboxylic acids is 1. The number of nitrogens with one attached hydrogen (secondary N) is 1. The van der Waals surface area contributed by atoms with E-state index in [0.29, 0.717) is 42.4 Å². The largest absolute Gasteiger partial charge is 0.495 e. The number of nitrogens with two attached hydrogens (primary N) is 1. The van der Waals surface area contributed by atoms with Crippen LogP contribution in [0, 0.1) is 67.5 Å². The van der Waals surface area contributed by atoms with Gasteiger partial charge in [-0.05, 0) is 137 Å². The Kier molecular flexibility index (Phi) is 8.95. The number of carboxylic acid groups (broad SMARTS) is 1. The minimum Gasteiger partial charge on any atom is -0.495 e. The second-order valence-corrected chi connectivity index (χ2v) is 19.0. The molecular formula is C41H65N3O3. The summed E-state index contributed by atoms with van der Waals surface area (Å²) in [5.74, 6) is 1.64. The van der Waals surface area contributed by atoms with Crippen molar-refractivity contribution >= 4 is 5.97 Å². The van der Waals surface area contributed by atoms with Gasteiger partial charge in [-0.1, -0.05) is 59.9 Å². The van der Waals surface area contributed by atoms with E-state index in [9.17, 15) is 15.2 Å². The minimum absolute atomic E-state index is 0.00128. The molecule has 262 valence electrons. The first-order valence-electron chi connectivity index (χ1n) is 18.5. The molecule has 0 aromatic carbocycles. The highest BCUT2D eigenvalue weighted by Gasteiger charge is 2.75. The van der Waals surface area contributed by atoms with Gasteiger partial charge in [0.25, 0.3) is 0 Å². The summed E-state index contributed by atoms with van der Waals surface area (Å²) in [5.41, 5.74) is 9.46. The molecule has 5 aliphatic carbocycles. The zero-order valence-electron chi connectivity index (χ0n) is 31.0. The van der Waals surface area contributed by atoms with Gasteiger partial charge in [0.15, 0.2) is 0 Å². The third-order valence-corrected chi connectivity index (χ3v) is 16.0. The zero-order chi connectivity index (χ0) is 35.0. The Morgan fingerprint density at radius 3 is 2.26 bits per heavy atom. The molecule has 0 bridgehead atoms. The molecular weight excluding hydrogens is 582 g/mol. The van der Waals surface area contributed by atoms with E-state index in [1.54, 1.807) is 13.8 Å². The second-order valence-electron chi connectivity index (χ2n) is 19.0. The van der Waals surface area contributed by atoms with Crippen LogP contribution in [0.3, 0.4) is 0 Å². The Hall–Kier alpha value is -2.26. The first-order valence-corrected chi connectivity index (χ1v) is 18.5. The lowest BCUT2D eigenvalue weighted by Gasteiger charge is -2.76. The fourth-order valence-electron chi connectivity index (χ4n) is 13.4. The molecule has 6 nitrogen and oxygen atoms in total. The molecule has 0 heterocycles. The van der Waals surface area contributed by atoms with Crippen molar-refractivity contribution in [1.29, 1.82) is 5.26 Å². The number of allylic oxidation sites excluding steroid dienone is 3. The van der Waals surface area contributed by atoms with Gasteiger partial charge < -0.3 is 20.9 Å². The van der Waals surface area contributed by atoms with E-state index in [1.165, 1.54) is 12.0 Å². The van der Waals surface area contributed by atoms with Crippen molar-refractivity contribution in [3.8, 4) is 6.07 Å². The van der Waals surface area contributed by atoms with Crippen LogP contribution < -0.4 is 11.1 Å². The van der Waals surface area contributed by atoms with E-state index < -0.39 is 11.4 Å². The number of rotatable bonds is 10. The number of carboxylic acids is 1. The van der Waals surface area contributed by atoms with E-state index >= 15 is 0 Å². The van der Waals surface area contributed by atoms with Crippen molar-refractivity contribution in [3.63, 3.8) is 0 Å². The van der Waals surface area contributed by atoms with Crippen LogP contribution in [-0.2, 0) is 9.53 Å². The molecule has 4 N–H and O–H groups in total. The predicted octanol–water partition coefficient (Wildman–Crippen LogP) is 9.14. The Morgan fingerprint density at radius 1 is 0.979 bits per heavy atom. The van der Waals surface area contributed by atoms with Crippen molar-refractivity contribution in [3.05, 3.63) is 36.8 Å². The number of fused-ring (bicyclic) bond motifs is 7. The molecule has 0 aliphatic heterocycles. The summed E-state index contributed by atoms with van der Waals surface area (Å²) in [6, 6.07) is 2.23. The Labute approximate surface area is 286 Å². The summed E-state index contributed by atoms with van der Waals surface area (Å²) in [5, 5.41) is 22.2. The summed E-state index contributed by atoms with van der Waals surface area (Å²) in [7, 11) is 0. The van der Waals surface area contributed by atoms with Crippen molar-refractivity contribution in [2.75, 3.05) is 6.54 Å². The third-order valence-electron chi connectivity index (χ3n) is 16.0. The summed E-state index contributed by atoms with van der Waals surface area (Å²) in [4.78, 5) is 11.8. The summed E-state index contributed by atoms with van der Waals surface area (Å²) < 4.78 is 6.60. The number of nitrogens with zero attached hydrogens (tertiary/aromatic N) is 1. The molecule has 2 unspecified atom stereocenters. The number of ether oxygens (including phenoxy) is 1. The first-order chi connectivity index (χ1) is 21.6. The van der Waals surface area contributed by atoms with Crippen LogP contribution in [0.25, 0.3) is 0 Å². The summed E-state index contributed by atoms with van der Waals surface area (Å²) >= 11 is 0. The fraction of sp³-hybridized carbons (Fsp3) is 0.805. The van der Waals surface area contributed by atoms with Gasteiger partial charge in [-0.2, -0.15) is 5.26 Å². The van der Waals surface area contributed by atoms with Crippen LogP contribution in [0.1, 0.15) is 132 Å². The molecule has 47 heavy (non-hydrogen) atoms. The molecule has 0 amide bonds. The van der Waals surface area contributed by atoms with Gasteiger partial charge >= 0.3 is 5.97 Å². The topological polar surface area (TPSA) is 108 Å². The van der Waals surface area contributed by atoms with E-state index in [0.717, 1.165) is 69.9 Å². The summed E-state index contributed by atoms with van der Waals surface area (Å²) in [6.07, 6.45) is 12.4. The maximum atomic E-state index is 11.8. The fourth-order valence-corrected chi connectivity index (χ4v) is 13.4. The lowest BCUT2D eigenvalue weighted by Crippen LogP contribution is -2.76. The standard InChI is InChI=1S/C41H65N3O3/c1-26(2)29-12-18-40(24-27(3)44-23-22-42)21-20-39(11)38(10)17-13-30-36(7,8)32(47-28(4)25-35(5,6)34(45)46)15-16-37(30,9)31(38)14-19-41(39,43)33(29)40/h29-33,44H,1,3-4,12-21,23-25,43H2,2,5-11H3,(H,45,46)/t29-,30-,31+,32?,33-,37-,38+,39-,40+,41?/m0/s1. The van der Waals surface area contributed by atoms with Crippen LogP contribution in [0.15, 0.2) is 36.8 Å². The quantitative estimate of drug-likeness (QED) is 0.124. The Morgan fingerprint density at radius 2 is 1.64 bits per heavy atom. The normalized spacial score (nSPS) is 43.6. The molecule has 5 aliphatic rings. The predicted molar refractivity (Wildman–Crippen MR) is 190 cm³/mol. The van der Waals surface area contributed by atoms with Crippen molar-refractivity contribution < 1.29 is 14.6 Å². The average molecular weight is 648 g/mol. The van der Waals surface area contributed by atoms with Gasteiger partial charge in [0.2, 0.25) is 0 Å². The van der Waals surface area contributed by atoms with E-state index in [4.69, 9.17) is 10.5 Å². The van der Waals surface area contributed by atoms with E-state index in [2.05, 4.69) is 72.7 Å². The van der Waals surface area contributed by atoms with Crippen LogP contribution in [0.5, 0.6) is 0 Å². The van der Waals surface area contributed by atoms with Crippen LogP contribution >= 0.6 is 0 Å². The monoisotopic (exact) mass is 648 g/mol. The number of nitriles is 1. The highest BCUT2D eigenvalue weighted by molar-refractivity contribution is 5.73. The molecule has 10 atom stereocenters. The van der Waals surface area contributed by atoms with Gasteiger partial charge in [0.1, 0.15) is 12.6 Å². The molecule has 0 aromatic heterocycles. The number of carbonyl (C=O) groups is 1. The smallest absolute Gasteiger partial charge is 0.309 e. The maximum absolute atomic E-state index is 11.8. The molecule has 0 saturated heterocycles. The highest BCUT2D eigenvalue weighted by Crippen LogP contribution is 2.78. The highest BCUT2D eigenvalue weighted by atomic mass is 16.5. The van der Waals surface area contributed by atoms with Gasteiger partial charge in [-0.25, -0.2) is 0 Å². The maximum Gasteiger partial charge on any atom is 0.309 e. The van der Waals surface area contributed by atoms with Crippen LogP contribution in [0.4, 0.5) is 0 Å². The first kappa shape index (κ1) is 36.0. The van der Waals surface area contributed by atoms with E-state index in [1.807, 2.05) is 0 Å². The van der Waals surface area contributed by atoms with Crippen LogP contribution in [-0.4, -0.2) is 29.3 Å². The van der Waals surface area contributed by atoms with E-state index in [-0.39, 0.29) is 38.7 Å². The van der Waals surface area contributed by atoms with Gasteiger partial charge in [-0.3, -0.25) is 4.79 Å². The molecule has 6 heteroatoms. The average Bonchev–Trinajstić information content (AvgIpc) is 3.35. The minimum atomic E-state index is -0.899. The Bertz CT molecular complexity index is 1360. The third kappa shape index (κ3) is 5.23. The molecule has 5 saturated carbocycles. The zero-order valence-corrected chi connectivity index (χ0v) is 31.0. The van der Waals surface area contributed by atoms with Crippen molar-refractivity contribution in [2.24, 2.45) is 61.9 Å². The number of hydrogen-bond donors (Lipinski definition) is 3. The second kappa shape index (κ2) is 11.7. The van der Waals surface area contributed by atoms with Crippen LogP contribution in [0.2, 0.25) is 0 Å². The molecule has 5 rings (SSSR count). The molecule has 5 fully saturated rings. The lowest BCUT2D eigenvalue weighted by molar-refractivity contribution is -0.255.